The summed E-state index contributed by atoms with van der Waals surface area (Å²) in [6, 6.07) is 18.3. The summed E-state index contributed by atoms with van der Waals surface area (Å²) < 4.78 is 27.7. The number of sulfonamides is 1. The average Bonchev–Trinajstić information content (AvgIpc) is 3.16. The fraction of sp³-hybridized carbons (Fsp3) is 0.320. The molecular weight excluding hydrogens is 440 g/mol. The lowest BCUT2D eigenvalue weighted by molar-refractivity contribution is 0.103. The normalized spacial score (nSPS) is 19.6. The van der Waals surface area contributed by atoms with Crippen molar-refractivity contribution < 1.29 is 13.2 Å². The Morgan fingerprint density at radius 2 is 1.62 bits per heavy atom. The number of nitrogens with one attached hydrogen (secondary N) is 1. The van der Waals surface area contributed by atoms with E-state index in [4.69, 9.17) is 0 Å². The summed E-state index contributed by atoms with van der Waals surface area (Å²) in [6.07, 6.45) is 1.05. The third kappa shape index (κ3) is 4.80. The Morgan fingerprint density at radius 3 is 2.25 bits per heavy atom. The van der Waals surface area contributed by atoms with Gasteiger partial charge in [0.25, 0.3) is 5.91 Å². The maximum absolute atomic E-state index is 13.0. The highest BCUT2D eigenvalue weighted by molar-refractivity contribution is 7.89. The van der Waals surface area contributed by atoms with Gasteiger partial charge in [0, 0.05) is 23.7 Å². The van der Waals surface area contributed by atoms with Crippen LogP contribution in [-0.4, -0.2) is 31.7 Å². The zero-order valence-electron chi connectivity index (χ0n) is 18.5. The summed E-state index contributed by atoms with van der Waals surface area (Å²) in [7, 11) is -3.54. The largest absolute Gasteiger partial charge is 0.321 e. The maximum Gasteiger partial charge on any atom is 0.265 e. The van der Waals surface area contributed by atoms with Crippen molar-refractivity contribution in [1.82, 2.24) is 4.31 Å². The van der Waals surface area contributed by atoms with Crippen LogP contribution in [0.3, 0.4) is 0 Å². The molecule has 1 aliphatic heterocycles. The molecule has 2 aromatic carbocycles. The van der Waals surface area contributed by atoms with Gasteiger partial charge >= 0.3 is 0 Å². The standard InChI is InChI=1S/C25H28N2O3S2/c1-17-13-18(2)16-27(15-17)32(29,30)22-11-9-21(10-12-22)26-25(28)23-14-19(3)24(31-23)20-7-5-4-6-8-20/h4-12,14,17-18H,13,15-16H2,1-3H3,(H,26,28)/t17-,18-/m0/s1. The molecular formula is C25H28N2O3S2. The van der Waals surface area contributed by atoms with Crippen molar-refractivity contribution in [2.24, 2.45) is 11.8 Å². The van der Waals surface area contributed by atoms with E-state index in [1.54, 1.807) is 28.6 Å². The Balaban J connectivity index is 1.48. The molecule has 2 atom stereocenters. The molecule has 1 aromatic heterocycles. The molecule has 1 N–H and O–H groups in total. The Hall–Kier alpha value is -2.48. The first-order valence-electron chi connectivity index (χ1n) is 10.8. The molecule has 0 unspecified atom stereocenters. The molecule has 168 valence electrons. The molecule has 0 saturated carbocycles. The highest BCUT2D eigenvalue weighted by Gasteiger charge is 2.31. The van der Waals surface area contributed by atoms with Crippen molar-refractivity contribution in [3.8, 4) is 10.4 Å². The van der Waals surface area contributed by atoms with Gasteiger partial charge in [-0.3, -0.25) is 4.79 Å². The zero-order valence-corrected chi connectivity index (χ0v) is 20.2. The smallest absolute Gasteiger partial charge is 0.265 e. The zero-order chi connectivity index (χ0) is 22.9. The molecule has 3 aromatic rings. The first-order valence-corrected chi connectivity index (χ1v) is 13.1. The van der Waals surface area contributed by atoms with Crippen LogP contribution >= 0.6 is 11.3 Å². The summed E-state index contributed by atoms with van der Waals surface area (Å²) in [4.78, 5) is 14.7. The number of piperidine rings is 1. The molecule has 1 saturated heterocycles. The van der Waals surface area contributed by atoms with E-state index in [9.17, 15) is 13.2 Å². The van der Waals surface area contributed by atoms with Crippen LogP contribution in [0.5, 0.6) is 0 Å². The van der Waals surface area contributed by atoms with E-state index in [-0.39, 0.29) is 10.8 Å². The van der Waals surface area contributed by atoms with Crippen molar-refractivity contribution in [3.63, 3.8) is 0 Å². The van der Waals surface area contributed by atoms with Gasteiger partial charge in [-0.2, -0.15) is 4.31 Å². The number of hydrogen-bond donors (Lipinski definition) is 1. The van der Waals surface area contributed by atoms with E-state index in [1.165, 1.54) is 11.3 Å². The van der Waals surface area contributed by atoms with Crippen LogP contribution in [0.2, 0.25) is 0 Å². The Morgan fingerprint density at radius 1 is 1.00 bits per heavy atom. The lowest BCUT2D eigenvalue weighted by atomic mass is 9.94. The summed E-state index contributed by atoms with van der Waals surface area (Å²) >= 11 is 1.45. The van der Waals surface area contributed by atoms with Crippen molar-refractivity contribution >= 4 is 33.0 Å². The molecule has 32 heavy (non-hydrogen) atoms. The highest BCUT2D eigenvalue weighted by atomic mass is 32.2. The summed E-state index contributed by atoms with van der Waals surface area (Å²) in [5.74, 6) is 0.499. The second-order valence-corrected chi connectivity index (χ2v) is 11.7. The van der Waals surface area contributed by atoms with Gasteiger partial charge in [0.2, 0.25) is 10.0 Å². The SMILES string of the molecule is Cc1cc(C(=O)Nc2ccc(S(=O)(=O)N3C[C@@H](C)C[C@H](C)C3)cc2)sc1-c1ccccc1. The summed E-state index contributed by atoms with van der Waals surface area (Å²) in [6.45, 7) is 7.27. The predicted octanol–water partition coefficient (Wildman–Crippen LogP) is 5.64. The van der Waals surface area contributed by atoms with Crippen LogP contribution in [0.25, 0.3) is 10.4 Å². The van der Waals surface area contributed by atoms with Crippen LogP contribution in [0.15, 0.2) is 65.6 Å². The van der Waals surface area contributed by atoms with Gasteiger partial charge < -0.3 is 5.32 Å². The van der Waals surface area contributed by atoms with Crippen LogP contribution < -0.4 is 5.32 Å². The second-order valence-electron chi connectivity index (χ2n) is 8.74. The van der Waals surface area contributed by atoms with Gasteiger partial charge in [-0.1, -0.05) is 44.2 Å². The van der Waals surface area contributed by atoms with E-state index in [2.05, 4.69) is 19.2 Å². The second kappa shape index (κ2) is 9.17. The number of amides is 1. The van der Waals surface area contributed by atoms with Crippen molar-refractivity contribution in [2.75, 3.05) is 18.4 Å². The number of anilines is 1. The molecule has 1 amide bonds. The van der Waals surface area contributed by atoms with E-state index < -0.39 is 10.0 Å². The number of carbonyl (C=O) groups excluding carboxylic acids is 1. The van der Waals surface area contributed by atoms with Gasteiger partial charge in [0.1, 0.15) is 0 Å². The lowest BCUT2D eigenvalue weighted by Gasteiger charge is -2.34. The van der Waals surface area contributed by atoms with Gasteiger partial charge in [-0.05, 0) is 66.6 Å². The van der Waals surface area contributed by atoms with Gasteiger partial charge in [0.15, 0.2) is 0 Å². The van der Waals surface area contributed by atoms with E-state index in [0.717, 1.165) is 22.4 Å². The minimum Gasteiger partial charge on any atom is -0.321 e. The number of aryl methyl sites for hydroxylation is 1. The van der Waals surface area contributed by atoms with Crippen LogP contribution in [0.4, 0.5) is 5.69 Å². The first kappa shape index (κ1) is 22.7. The lowest BCUT2D eigenvalue weighted by Crippen LogP contribution is -2.42. The van der Waals surface area contributed by atoms with E-state index in [0.29, 0.717) is 35.5 Å². The molecule has 0 aliphatic carbocycles. The number of hydrogen-bond acceptors (Lipinski definition) is 4. The Labute approximate surface area is 194 Å². The molecule has 4 rings (SSSR count). The maximum atomic E-state index is 13.0. The molecule has 2 heterocycles. The molecule has 1 fully saturated rings. The van der Waals surface area contributed by atoms with Crippen molar-refractivity contribution in [1.29, 1.82) is 0 Å². The predicted molar refractivity (Wildman–Crippen MR) is 131 cm³/mol. The molecule has 0 radical (unpaired) electrons. The number of thiophene rings is 1. The fourth-order valence-electron chi connectivity index (χ4n) is 4.32. The topological polar surface area (TPSA) is 66.5 Å². The van der Waals surface area contributed by atoms with E-state index >= 15 is 0 Å². The minimum absolute atomic E-state index is 0.199. The summed E-state index contributed by atoms with van der Waals surface area (Å²) in [5.41, 5.74) is 2.71. The molecule has 0 spiro atoms. The van der Waals surface area contributed by atoms with Gasteiger partial charge in [-0.15, -0.1) is 11.3 Å². The molecule has 7 heteroatoms. The van der Waals surface area contributed by atoms with Crippen molar-refractivity contribution in [3.05, 3.63) is 71.1 Å². The number of benzene rings is 2. The van der Waals surface area contributed by atoms with Gasteiger partial charge in [-0.25, -0.2) is 8.42 Å². The van der Waals surface area contributed by atoms with Crippen molar-refractivity contribution in [2.45, 2.75) is 32.1 Å². The molecule has 5 nitrogen and oxygen atoms in total. The first-order chi connectivity index (χ1) is 15.2. The quantitative estimate of drug-likeness (QED) is 0.527. The monoisotopic (exact) mass is 468 g/mol. The van der Waals surface area contributed by atoms with Crippen LogP contribution in [-0.2, 0) is 10.0 Å². The Bertz CT molecular complexity index is 1190. The molecule has 1 aliphatic rings. The van der Waals surface area contributed by atoms with E-state index in [1.807, 2.05) is 43.3 Å². The highest BCUT2D eigenvalue weighted by Crippen LogP contribution is 2.33. The minimum atomic E-state index is -3.54. The summed E-state index contributed by atoms with van der Waals surface area (Å²) in [5, 5.41) is 2.89. The number of nitrogens with zero attached hydrogens (tertiary/aromatic N) is 1. The number of rotatable bonds is 5. The fourth-order valence-corrected chi connectivity index (χ4v) is 7.08. The average molecular weight is 469 g/mol. The molecule has 0 bridgehead atoms. The third-order valence-electron chi connectivity index (χ3n) is 5.76. The van der Waals surface area contributed by atoms with Gasteiger partial charge in [0.05, 0.1) is 9.77 Å². The Kier molecular flexibility index (Phi) is 6.51. The number of carbonyl (C=O) groups is 1. The third-order valence-corrected chi connectivity index (χ3v) is 8.89. The van der Waals surface area contributed by atoms with Crippen LogP contribution in [0, 0.1) is 18.8 Å². The van der Waals surface area contributed by atoms with Crippen LogP contribution in [0.1, 0.15) is 35.5 Å².